The van der Waals surface area contributed by atoms with Gasteiger partial charge in [-0.2, -0.15) is 0 Å². The molecule has 1 aromatic carbocycles. The van der Waals surface area contributed by atoms with Crippen LogP contribution in [-0.2, 0) is 11.3 Å². The van der Waals surface area contributed by atoms with Crippen LogP contribution in [0.15, 0.2) is 24.3 Å². The number of carbonyl (C=O) groups excluding carboxylic acids is 1. The van der Waals surface area contributed by atoms with E-state index in [1.54, 1.807) is 25.2 Å². The minimum atomic E-state index is -0.736. The van der Waals surface area contributed by atoms with Gasteiger partial charge < -0.3 is 10.6 Å². The Balaban J connectivity index is 2.06. The fraction of sp³-hybridized carbons (Fsp3) is 0.500. The van der Waals surface area contributed by atoms with Gasteiger partial charge in [0, 0.05) is 19.2 Å². The van der Waals surface area contributed by atoms with Gasteiger partial charge in [0.15, 0.2) is 0 Å². The first-order valence-corrected chi connectivity index (χ1v) is 6.31. The molecule has 1 fully saturated rings. The molecule has 1 amide bonds. The summed E-state index contributed by atoms with van der Waals surface area (Å²) in [6, 6.07) is 6.50. The van der Waals surface area contributed by atoms with E-state index < -0.39 is 5.54 Å². The van der Waals surface area contributed by atoms with Gasteiger partial charge in [0.1, 0.15) is 5.82 Å². The molecule has 0 unspecified atom stereocenters. The first kappa shape index (κ1) is 13.0. The molecule has 0 aliphatic heterocycles. The summed E-state index contributed by atoms with van der Waals surface area (Å²) in [6.45, 7) is 0.268. The topological polar surface area (TPSA) is 46.3 Å². The molecule has 0 saturated heterocycles. The summed E-state index contributed by atoms with van der Waals surface area (Å²) in [5, 5.41) is 0. The monoisotopic (exact) mass is 250 g/mol. The van der Waals surface area contributed by atoms with Gasteiger partial charge in [0.2, 0.25) is 5.91 Å². The van der Waals surface area contributed by atoms with E-state index in [1.807, 2.05) is 0 Å². The molecule has 0 bridgehead atoms. The van der Waals surface area contributed by atoms with Gasteiger partial charge >= 0.3 is 0 Å². The molecule has 3 nitrogen and oxygen atoms in total. The number of nitrogens with zero attached hydrogens (tertiary/aromatic N) is 1. The molecule has 4 heteroatoms. The first-order chi connectivity index (χ1) is 8.53. The summed E-state index contributed by atoms with van der Waals surface area (Å²) < 4.78 is 13.5. The number of amides is 1. The summed E-state index contributed by atoms with van der Waals surface area (Å²) in [5.74, 6) is -0.363. The lowest BCUT2D eigenvalue weighted by molar-refractivity contribution is -0.136. The van der Waals surface area contributed by atoms with Crippen LogP contribution in [0.25, 0.3) is 0 Å². The number of hydrogen-bond acceptors (Lipinski definition) is 2. The Morgan fingerprint density at radius 3 is 2.61 bits per heavy atom. The normalized spacial score (nSPS) is 17.7. The van der Waals surface area contributed by atoms with E-state index in [2.05, 4.69) is 0 Å². The van der Waals surface area contributed by atoms with Gasteiger partial charge in [0.25, 0.3) is 0 Å². The second-order valence-electron chi connectivity index (χ2n) is 5.12. The fourth-order valence-electron chi connectivity index (χ4n) is 2.55. The minimum absolute atomic E-state index is 0.0803. The summed E-state index contributed by atoms with van der Waals surface area (Å²) >= 11 is 0. The van der Waals surface area contributed by atoms with Crippen molar-refractivity contribution >= 4 is 5.91 Å². The number of nitrogens with two attached hydrogens (primary N) is 1. The highest BCUT2D eigenvalue weighted by molar-refractivity contribution is 5.86. The molecule has 1 aliphatic rings. The van der Waals surface area contributed by atoms with Crippen molar-refractivity contribution in [1.82, 2.24) is 4.90 Å². The van der Waals surface area contributed by atoms with Gasteiger partial charge in [0.05, 0.1) is 5.54 Å². The molecule has 98 valence electrons. The third-order valence-electron chi connectivity index (χ3n) is 3.63. The zero-order valence-electron chi connectivity index (χ0n) is 10.7. The summed E-state index contributed by atoms with van der Waals surface area (Å²) in [4.78, 5) is 13.8. The average Bonchev–Trinajstić information content (AvgIpc) is 2.79. The van der Waals surface area contributed by atoms with Crippen LogP contribution in [0.5, 0.6) is 0 Å². The zero-order valence-corrected chi connectivity index (χ0v) is 10.7. The Morgan fingerprint density at radius 2 is 2.00 bits per heavy atom. The maximum Gasteiger partial charge on any atom is 0.242 e. The van der Waals surface area contributed by atoms with Crippen molar-refractivity contribution in [2.75, 3.05) is 7.05 Å². The van der Waals surface area contributed by atoms with Crippen LogP contribution in [0.4, 0.5) is 4.39 Å². The maximum absolute atomic E-state index is 13.5. The van der Waals surface area contributed by atoms with Gasteiger partial charge in [-0.1, -0.05) is 31.0 Å². The molecular formula is C14H19FN2O. The molecule has 2 N–H and O–H groups in total. The van der Waals surface area contributed by atoms with Crippen LogP contribution in [0.1, 0.15) is 31.2 Å². The van der Waals surface area contributed by atoms with E-state index in [-0.39, 0.29) is 18.3 Å². The molecule has 1 saturated carbocycles. The quantitative estimate of drug-likeness (QED) is 0.892. The van der Waals surface area contributed by atoms with E-state index in [0.717, 1.165) is 25.7 Å². The average molecular weight is 250 g/mol. The predicted molar refractivity (Wildman–Crippen MR) is 68.3 cm³/mol. The Hall–Kier alpha value is -1.42. The van der Waals surface area contributed by atoms with Crippen molar-refractivity contribution in [3.05, 3.63) is 35.6 Å². The number of carbonyl (C=O) groups is 1. The van der Waals surface area contributed by atoms with Gasteiger partial charge in [-0.05, 0) is 18.9 Å². The lowest BCUT2D eigenvalue weighted by Gasteiger charge is -2.28. The summed E-state index contributed by atoms with van der Waals surface area (Å²) in [6.07, 6.45) is 3.45. The Kier molecular flexibility index (Phi) is 3.66. The highest BCUT2D eigenvalue weighted by atomic mass is 19.1. The molecule has 0 spiro atoms. The van der Waals surface area contributed by atoms with Gasteiger partial charge in [-0.3, -0.25) is 4.79 Å². The molecule has 0 heterocycles. The molecule has 0 aromatic heterocycles. The van der Waals surface area contributed by atoms with Crippen LogP contribution in [-0.4, -0.2) is 23.4 Å². The molecule has 18 heavy (non-hydrogen) atoms. The second-order valence-corrected chi connectivity index (χ2v) is 5.12. The number of benzene rings is 1. The summed E-state index contributed by atoms with van der Waals surface area (Å²) in [7, 11) is 1.68. The zero-order chi connectivity index (χ0) is 13.2. The smallest absolute Gasteiger partial charge is 0.242 e. The lowest BCUT2D eigenvalue weighted by atomic mass is 9.97. The minimum Gasteiger partial charge on any atom is -0.340 e. The third-order valence-corrected chi connectivity index (χ3v) is 3.63. The molecule has 2 rings (SSSR count). The molecule has 0 radical (unpaired) electrons. The van der Waals surface area contributed by atoms with E-state index in [1.165, 1.54) is 11.0 Å². The van der Waals surface area contributed by atoms with Crippen LogP contribution in [0.2, 0.25) is 0 Å². The van der Waals surface area contributed by atoms with Crippen molar-refractivity contribution in [2.45, 2.75) is 37.8 Å². The van der Waals surface area contributed by atoms with E-state index in [9.17, 15) is 9.18 Å². The van der Waals surface area contributed by atoms with Gasteiger partial charge in [-0.25, -0.2) is 4.39 Å². The van der Waals surface area contributed by atoms with Crippen LogP contribution in [0.3, 0.4) is 0 Å². The third kappa shape index (κ3) is 2.53. The fourth-order valence-corrected chi connectivity index (χ4v) is 2.55. The van der Waals surface area contributed by atoms with Gasteiger partial charge in [-0.15, -0.1) is 0 Å². The predicted octanol–water partition coefficient (Wildman–Crippen LogP) is 2.06. The molecule has 0 atom stereocenters. The first-order valence-electron chi connectivity index (χ1n) is 6.31. The largest absolute Gasteiger partial charge is 0.340 e. The van der Waals surface area contributed by atoms with Crippen molar-refractivity contribution in [3.8, 4) is 0 Å². The summed E-state index contributed by atoms with van der Waals surface area (Å²) in [5.41, 5.74) is 5.90. The second kappa shape index (κ2) is 5.06. The standard InChI is InChI=1S/C14H19FN2O/c1-17(10-11-6-2-3-7-12(11)15)13(18)14(16)8-4-5-9-14/h2-3,6-7H,4-5,8-10,16H2,1H3. The molecule has 1 aliphatic carbocycles. The van der Waals surface area contributed by atoms with E-state index in [4.69, 9.17) is 5.73 Å². The van der Waals surface area contributed by atoms with Crippen LogP contribution >= 0.6 is 0 Å². The Labute approximate surface area is 107 Å². The Morgan fingerprint density at radius 1 is 1.39 bits per heavy atom. The number of likely N-dealkylation sites (N-methyl/N-ethyl adjacent to an activating group) is 1. The SMILES string of the molecule is CN(Cc1ccccc1F)C(=O)C1(N)CCCC1. The maximum atomic E-state index is 13.5. The van der Waals surface area contributed by atoms with E-state index >= 15 is 0 Å². The highest BCUT2D eigenvalue weighted by Crippen LogP contribution is 2.29. The van der Waals surface area contributed by atoms with Crippen molar-refractivity contribution < 1.29 is 9.18 Å². The number of rotatable bonds is 3. The van der Waals surface area contributed by atoms with Crippen LogP contribution in [0, 0.1) is 5.82 Å². The van der Waals surface area contributed by atoms with Crippen LogP contribution < -0.4 is 5.73 Å². The number of halogens is 1. The van der Waals surface area contributed by atoms with Crippen molar-refractivity contribution in [3.63, 3.8) is 0 Å². The van der Waals surface area contributed by atoms with Crippen molar-refractivity contribution in [2.24, 2.45) is 5.73 Å². The van der Waals surface area contributed by atoms with E-state index in [0.29, 0.717) is 5.56 Å². The molecular weight excluding hydrogens is 231 g/mol. The highest BCUT2D eigenvalue weighted by Gasteiger charge is 2.38. The van der Waals surface area contributed by atoms with Crippen molar-refractivity contribution in [1.29, 1.82) is 0 Å². The Bertz CT molecular complexity index is 441. The molecule has 1 aromatic rings. The number of hydrogen-bond donors (Lipinski definition) is 1. The lowest BCUT2D eigenvalue weighted by Crippen LogP contribution is -2.52.